The Hall–Kier alpha value is -1.04. The lowest BCUT2D eigenvalue weighted by molar-refractivity contribution is 0.358. The fraction of sp³-hybridized carbons (Fsp3) is 0.529. The van der Waals surface area contributed by atoms with E-state index in [1.54, 1.807) is 0 Å². The van der Waals surface area contributed by atoms with Crippen LogP contribution in [0.2, 0.25) is 0 Å². The van der Waals surface area contributed by atoms with Crippen LogP contribution in [0.25, 0.3) is 6.08 Å². The van der Waals surface area contributed by atoms with Crippen molar-refractivity contribution in [2.75, 3.05) is 0 Å². The second-order valence-corrected chi connectivity index (χ2v) is 6.34. The summed E-state index contributed by atoms with van der Waals surface area (Å²) in [5, 5.41) is 0. The molecule has 0 aliphatic heterocycles. The Kier molecular flexibility index (Phi) is 2.43. The van der Waals surface area contributed by atoms with Crippen LogP contribution in [0.5, 0.6) is 0 Å². The highest BCUT2D eigenvalue weighted by molar-refractivity contribution is 5.49. The van der Waals surface area contributed by atoms with E-state index < -0.39 is 0 Å². The average molecular weight is 226 g/mol. The molecule has 0 bridgehead atoms. The summed E-state index contributed by atoms with van der Waals surface area (Å²) < 4.78 is 0. The normalized spacial score (nSPS) is 33.9. The van der Waals surface area contributed by atoms with Gasteiger partial charge in [-0.05, 0) is 41.6 Å². The molecule has 17 heavy (non-hydrogen) atoms. The van der Waals surface area contributed by atoms with Crippen molar-refractivity contribution in [2.45, 2.75) is 39.5 Å². The van der Waals surface area contributed by atoms with Gasteiger partial charge in [0.25, 0.3) is 0 Å². The van der Waals surface area contributed by atoms with E-state index in [2.05, 4.69) is 56.3 Å². The minimum atomic E-state index is 0.603. The lowest BCUT2D eigenvalue weighted by Gasteiger charge is -2.16. The molecule has 2 fully saturated rings. The smallest absolute Gasteiger partial charge is 0.0175 e. The van der Waals surface area contributed by atoms with Crippen LogP contribution < -0.4 is 0 Å². The molecule has 90 valence electrons. The zero-order valence-electron chi connectivity index (χ0n) is 10.9. The molecule has 0 spiro atoms. The Morgan fingerprint density at radius 2 is 2.00 bits per heavy atom. The van der Waals surface area contributed by atoms with Crippen molar-refractivity contribution in [2.24, 2.45) is 16.7 Å². The first-order chi connectivity index (χ1) is 8.17. The molecule has 0 heteroatoms. The van der Waals surface area contributed by atoms with E-state index in [0.29, 0.717) is 10.8 Å². The van der Waals surface area contributed by atoms with Crippen molar-refractivity contribution in [3.63, 3.8) is 0 Å². The van der Waals surface area contributed by atoms with Gasteiger partial charge in [-0.3, -0.25) is 0 Å². The molecule has 0 saturated heterocycles. The molecule has 0 N–H and O–H groups in total. The predicted molar refractivity (Wildman–Crippen MR) is 73.6 cm³/mol. The molecule has 0 nitrogen and oxygen atoms in total. The zero-order chi connectivity index (χ0) is 11.9. The van der Waals surface area contributed by atoms with Crippen molar-refractivity contribution >= 4 is 6.08 Å². The van der Waals surface area contributed by atoms with Crippen molar-refractivity contribution < 1.29 is 0 Å². The largest absolute Gasteiger partial charge is 0.0834 e. The molecular weight excluding hydrogens is 204 g/mol. The summed E-state index contributed by atoms with van der Waals surface area (Å²) in [6.45, 7) is 4.93. The van der Waals surface area contributed by atoms with Crippen LogP contribution in [-0.2, 0) is 0 Å². The third-order valence-corrected chi connectivity index (χ3v) is 5.45. The maximum atomic E-state index is 2.47. The Morgan fingerprint density at radius 1 is 1.24 bits per heavy atom. The van der Waals surface area contributed by atoms with E-state index in [9.17, 15) is 0 Å². The van der Waals surface area contributed by atoms with Gasteiger partial charge in [-0.2, -0.15) is 0 Å². The van der Waals surface area contributed by atoms with Gasteiger partial charge >= 0.3 is 0 Å². The summed E-state index contributed by atoms with van der Waals surface area (Å²) >= 11 is 0. The summed E-state index contributed by atoms with van der Waals surface area (Å²) in [6, 6.07) is 10.7. The van der Waals surface area contributed by atoms with Crippen LogP contribution in [-0.4, -0.2) is 0 Å². The van der Waals surface area contributed by atoms with Gasteiger partial charge in [0.2, 0.25) is 0 Å². The Bertz CT molecular complexity index is 427. The molecule has 0 unspecified atom stereocenters. The summed E-state index contributed by atoms with van der Waals surface area (Å²) in [4.78, 5) is 0. The van der Waals surface area contributed by atoms with E-state index in [-0.39, 0.29) is 0 Å². The molecule has 2 aliphatic rings. The molecular formula is C17H22. The number of hydrogen-bond donors (Lipinski definition) is 0. The summed E-state index contributed by atoms with van der Waals surface area (Å²) in [5.41, 5.74) is 2.58. The average Bonchev–Trinajstić information content (AvgIpc) is 2.69. The highest BCUT2D eigenvalue weighted by Gasteiger charge is 2.70. The first-order valence-electron chi connectivity index (χ1n) is 6.88. The molecule has 1 aromatic rings. The second-order valence-electron chi connectivity index (χ2n) is 6.34. The molecule has 0 amide bonds. The van der Waals surface area contributed by atoms with Crippen LogP contribution in [0.1, 0.15) is 45.1 Å². The van der Waals surface area contributed by atoms with Gasteiger partial charge < -0.3 is 0 Å². The molecule has 1 aromatic carbocycles. The Morgan fingerprint density at radius 3 is 2.65 bits per heavy atom. The lowest BCUT2D eigenvalue weighted by Crippen LogP contribution is -2.06. The SMILES string of the molecule is CC1(C)[C@@H]2CCC[C@@]21C/C=C/c1ccccc1. The van der Waals surface area contributed by atoms with Gasteiger partial charge in [-0.1, -0.05) is 62.8 Å². The van der Waals surface area contributed by atoms with Gasteiger partial charge in [-0.25, -0.2) is 0 Å². The Labute approximate surface area is 105 Å². The van der Waals surface area contributed by atoms with E-state index in [1.807, 2.05) is 0 Å². The van der Waals surface area contributed by atoms with Crippen LogP contribution in [0.4, 0.5) is 0 Å². The van der Waals surface area contributed by atoms with Crippen LogP contribution in [0.15, 0.2) is 36.4 Å². The zero-order valence-corrected chi connectivity index (χ0v) is 10.9. The third kappa shape index (κ3) is 1.57. The highest BCUT2D eigenvalue weighted by atomic mass is 14.7. The van der Waals surface area contributed by atoms with Gasteiger partial charge in [-0.15, -0.1) is 0 Å². The number of allylic oxidation sites excluding steroid dienone is 1. The van der Waals surface area contributed by atoms with Crippen LogP contribution >= 0.6 is 0 Å². The molecule has 0 heterocycles. The van der Waals surface area contributed by atoms with Crippen molar-refractivity contribution in [3.8, 4) is 0 Å². The van der Waals surface area contributed by atoms with Crippen LogP contribution in [0.3, 0.4) is 0 Å². The summed E-state index contributed by atoms with van der Waals surface area (Å²) in [5.74, 6) is 0.996. The predicted octanol–water partition coefficient (Wildman–Crippen LogP) is 4.92. The number of benzene rings is 1. The number of hydrogen-bond acceptors (Lipinski definition) is 0. The highest BCUT2D eigenvalue weighted by Crippen LogP contribution is 2.78. The molecule has 0 aromatic heterocycles. The maximum absolute atomic E-state index is 2.47. The topological polar surface area (TPSA) is 0 Å². The Balaban J connectivity index is 1.68. The van der Waals surface area contributed by atoms with Crippen molar-refractivity contribution in [3.05, 3.63) is 42.0 Å². The number of fused-ring (bicyclic) bond motifs is 1. The minimum absolute atomic E-state index is 0.603. The van der Waals surface area contributed by atoms with Crippen molar-refractivity contribution in [1.82, 2.24) is 0 Å². The summed E-state index contributed by atoms with van der Waals surface area (Å²) in [7, 11) is 0. The van der Waals surface area contributed by atoms with E-state index in [1.165, 1.54) is 31.2 Å². The first-order valence-corrected chi connectivity index (χ1v) is 6.88. The quantitative estimate of drug-likeness (QED) is 0.686. The fourth-order valence-corrected chi connectivity index (χ4v) is 4.29. The third-order valence-electron chi connectivity index (χ3n) is 5.45. The minimum Gasteiger partial charge on any atom is -0.0834 e. The molecule has 3 rings (SSSR count). The standard InChI is InChI=1S/C17H22/c1-16(2)15-11-7-13-17(15,16)12-6-10-14-8-4-3-5-9-14/h3-6,8-10,15H,7,11-13H2,1-2H3/b10-6+/t15-,17-/m0/s1. The maximum Gasteiger partial charge on any atom is -0.0175 e. The van der Waals surface area contributed by atoms with E-state index in [4.69, 9.17) is 0 Å². The fourth-order valence-electron chi connectivity index (χ4n) is 4.29. The number of rotatable bonds is 3. The first kappa shape index (κ1) is 11.1. The molecule has 2 aliphatic carbocycles. The van der Waals surface area contributed by atoms with E-state index >= 15 is 0 Å². The summed E-state index contributed by atoms with van der Waals surface area (Å²) in [6.07, 6.45) is 10.3. The second kappa shape index (κ2) is 3.73. The van der Waals surface area contributed by atoms with Gasteiger partial charge in [0.05, 0.1) is 0 Å². The van der Waals surface area contributed by atoms with Gasteiger partial charge in [0, 0.05) is 0 Å². The van der Waals surface area contributed by atoms with E-state index in [0.717, 1.165) is 5.92 Å². The molecule has 2 saturated carbocycles. The lowest BCUT2D eigenvalue weighted by atomic mass is 9.88. The monoisotopic (exact) mass is 226 g/mol. The molecule has 2 atom stereocenters. The van der Waals surface area contributed by atoms with Gasteiger partial charge in [0.1, 0.15) is 0 Å². The van der Waals surface area contributed by atoms with Crippen LogP contribution in [0, 0.1) is 16.7 Å². The molecule has 0 radical (unpaired) electrons. The van der Waals surface area contributed by atoms with Gasteiger partial charge in [0.15, 0.2) is 0 Å². The van der Waals surface area contributed by atoms with Crippen molar-refractivity contribution in [1.29, 1.82) is 0 Å².